The van der Waals surface area contributed by atoms with Gasteiger partial charge in [0, 0.05) is 36.7 Å². The Bertz CT molecular complexity index is 705. The molecule has 1 aromatic carbocycles. The zero-order valence-electron chi connectivity index (χ0n) is 14.2. The Kier molecular flexibility index (Phi) is 4.69. The van der Waals surface area contributed by atoms with Crippen molar-refractivity contribution in [1.29, 1.82) is 0 Å². The van der Waals surface area contributed by atoms with Gasteiger partial charge in [0.1, 0.15) is 11.3 Å². The standard InChI is InChI=1S/C19H23N3O2/c1-19(10-5-13-22(19)16-8-11-20-12-9-16)18(23)21-14-15-6-3-4-7-17(15)24-2/h3-4,6-9,11-12H,5,10,13-14H2,1-2H3,(H,21,23)/t19-/m0/s1. The number of nitrogens with zero attached hydrogens (tertiary/aromatic N) is 2. The number of carbonyl (C=O) groups is 1. The number of hydrogen-bond acceptors (Lipinski definition) is 4. The van der Waals surface area contributed by atoms with Crippen LogP contribution in [0.1, 0.15) is 25.3 Å². The number of methoxy groups -OCH3 is 1. The summed E-state index contributed by atoms with van der Waals surface area (Å²) in [6.07, 6.45) is 5.37. The third kappa shape index (κ3) is 3.07. The molecule has 1 saturated heterocycles. The lowest BCUT2D eigenvalue weighted by molar-refractivity contribution is -0.125. The van der Waals surface area contributed by atoms with Gasteiger partial charge in [-0.05, 0) is 38.0 Å². The van der Waals surface area contributed by atoms with Crippen molar-refractivity contribution >= 4 is 11.6 Å². The van der Waals surface area contributed by atoms with Gasteiger partial charge in [-0.1, -0.05) is 18.2 Å². The normalized spacial score (nSPS) is 20.0. The van der Waals surface area contributed by atoms with Crippen LogP contribution < -0.4 is 15.0 Å². The van der Waals surface area contributed by atoms with Crippen LogP contribution in [0.5, 0.6) is 5.75 Å². The average molecular weight is 325 g/mol. The molecule has 0 saturated carbocycles. The van der Waals surface area contributed by atoms with Gasteiger partial charge in [0.05, 0.1) is 7.11 Å². The Balaban J connectivity index is 1.73. The number of nitrogens with one attached hydrogen (secondary N) is 1. The maximum atomic E-state index is 12.9. The minimum absolute atomic E-state index is 0.0442. The maximum absolute atomic E-state index is 12.9. The molecule has 0 spiro atoms. The van der Waals surface area contributed by atoms with E-state index >= 15 is 0 Å². The summed E-state index contributed by atoms with van der Waals surface area (Å²) in [4.78, 5) is 19.2. The minimum atomic E-state index is -0.538. The molecule has 0 bridgehead atoms. The molecular weight excluding hydrogens is 302 g/mol. The van der Waals surface area contributed by atoms with Crippen LogP contribution in [0, 0.1) is 0 Å². The van der Waals surface area contributed by atoms with Gasteiger partial charge < -0.3 is 15.0 Å². The van der Waals surface area contributed by atoms with Crippen molar-refractivity contribution in [2.24, 2.45) is 0 Å². The summed E-state index contributed by atoms with van der Waals surface area (Å²) in [5, 5.41) is 3.08. The van der Waals surface area contributed by atoms with E-state index in [4.69, 9.17) is 4.74 Å². The third-order valence-corrected chi connectivity index (χ3v) is 4.74. The summed E-state index contributed by atoms with van der Waals surface area (Å²) in [5.74, 6) is 0.836. The molecule has 24 heavy (non-hydrogen) atoms. The van der Waals surface area contributed by atoms with E-state index < -0.39 is 5.54 Å². The average Bonchev–Trinajstić information content (AvgIpc) is 3.03. The van der Waals surface area contributed by atoms with Crippen LogP contribution in [-0.4, -0.2) is 30.1 Å². The Labute approximate surface area is 142 Å². The van der Waals surface area contributed by atoms with Crippen molar-refractivity contribution < 1.29 is 9.53 Å². The number of aromatic nitrogens is 1. The van der Waals surface area contributed by atoms with Crippen molar-refractivity contribution in [3.8, 4) is 5.75 Å². The second kappa shape index (κ2) is 6.91. The van der Waals surface area contributed by atoms with Crippen LogP contribution in [0.15, 0.2) is 48.8 Å². The molecule has 1 atom stereocenters. The maximum Gasteiger partial charge on any atom is 0.245 e. The smallest absolute Gasteiger partial charge is 0.245 e. The number of pyridine rings is 1. The van der Waals surface area contributed by atoms with Crippen molar-refractivity contribution in [1.82, 2.24) is 10.3 Å². The van der Waals surface area contributed by atoms with Gasteiger partial charge in [0.15, 0.2) is 0 Å². The number of anilines is 1. The monoisotopic (exact) mass is 325 g/mol. The van der Waals surface area contributed by atoms with Crippen LogP contribution in [0.2, 0.25) is 0 Å². The Morgan fingerprint density at radius 3 is 2.79 bits per heavy atom. The van der Waals surface area contributed by atoms with Crippen molar-refractivity contribution in [2.75, 3.05) is 18.6 Å². The highest BCUT2D eigenvalue weighted by Gasteiger charge is 2.43. The number of hydrogen-bond donors (Lipinski definition) is 1. The molecule has 3 rings (SSSR count). The fourth-order valence-electron chi connectivity index (χ4n) is 3.35. The molecular formula is C19H23N3O2. The van der Waals surface area contributed by atoms with Crippen molar-refractivity contribution in [3.63, 3.8) is 0 Å². The zero-order valence-corrected chi connectivity index (χ0v) is 14.2. The summed E-state index contributed by atoms with van der Waals surface area (Å²) < 4.78 is 5.35. The van der Waals surface area contributed by atoms with E-state index in [1.54, 1.807) is 19.5 Å². The molecule has 0 aliphatic carbocycles. The summed E-state index contributed by atoms with van der Waals surface area (Å²) in [6.45, 7) is 3.35. The predicted octanol–water partition coefficient (Wildman–Crippen LogP) is 2.77. The molecule has 1 aromatic heterocycles. The number of amides is 1. The van der Waals surface area contributed by atoms with Gasteiger partial charge in [0.2, 0.25) is 5.91 Å². The quantitative estimate of drug-likeness (QED) is 0.918. The van der Waals surface area contributed by atoms with Crippen LogP contribution in [0.3, 0.4) is 0 Å². The second-order valence-electron chi connectivity index (χ2n) is 6.23. The molecule has 1 N–H and O–H groups in total. The van der Waals surface area contributed by atoms with Crippen LogP contribution >= 0.6 is 0 Å². The first-order chi connectivity index (χ1) is 11.6. The molecule has 126 valence electrons. The highest BCUT2D eigenvalue weighted by Crippen LogP contribution is 2.34. The summed E-state index contributed by atoms with van der Waals surface area (Å²) in [5.41, 5.74) is 1.48. The first-order valence-electron chi connectivity index (χ1n) is 8.23. The topological polar surface area (TPSA) is 54.5 Å². The van der Waals surface area contributed by atoms with E-state index in [9.17, 15) is 4.79 Å². The molecule has 0 unspecified atom stereocenters. The van der Waals surface area contributed by atoms with E-state index in [-0.39, 0.29) is 5.91 Å². The lowest BCUT2D eigenvalue weighted by Crippen LogP contribution is -2.53. The summed E-state index contributed by atoms with van der Waals surface area (Å²) in [7, 11) is 1.64. The molecule has 2 heterocycles. The fraction of sp³-hybridized carbons (Fsp3) is 0.368. The number of ether oxygens (including phenoxy) is 1. The predicted molar refractivity (Wildman–Crippen MR) is 94.1 cm³/mol. The molecule has 1 fully saturated rings. The Morgan fingerprint density at radius 1 is 1.29 bits per heavy atom. The molecule has 1 aliphatic heterocycles. The molecule has 5 heteroatoms. The van der Waals surface area contributed by atoms with E-state index in [1.165, 1.54) is 0 Å². The van der Waals surface area contributed by atoms with Crippen LogP contribution in [0.4, 0.5) is 5.69 Å². The third-order valence-electron chi connectivity index (χ3n) is 4.74. The minimum Gasteiger partial charge on any atom is -0.496 e. The number of rotatable bonds is 5. The van der Waals surface area contributed by atoms with E-state index in [2.05, 4.69) is 15.2 Å². The molecule has 1 amide bonds. The van der Waals surface area contributed by atoms with Gasteiger partial charge in [-0.15, -0.1) is 0 Å². The Morgan fingerprint density at radius 2 is 2.04 bits per heavy atom. The van der Waals surface area contributed by atoms with Crippen LogP contribution in [-0.2, 0) is 11.3 Å². The first-order valence-corrected chi connectivity index (χ1v) is 8.23. The number of para-hydroxylation sites is 1. The van der Waals surface area contributed by atoms with Crippen LogP contribution in [0.25, 0.3) is 0 Å². The number of benzene rings is 1. The van der Waals surface area contributed by atoms with Gasteiger partial charge in [-0.25, -0.2) is 0 Å². The molecule has 5 nitrogen and oxygen atoms in total. The zero-order chi connectivity index (χ0) is 17.0. The molecule has 1 aliphatic rings. The molecule has 0 radical (unpaired) electrons. The van der Waals surface area contributed by atoms with E-state index in [1.807, 2.05) is 43.3 Å². The molecule has 2 aromatic rings. The second-order valence-corrected chi connectivity index (χ2v) is 6.23. The van der Waals surface area contributed by atoms with E-state index in [0.29, 0.717) is 6.54 Å². The van der Waals surface area contributed by atoms with Gasteiger partial charge >= 0.3 is 0 Å². The Hall–Kier alpha value is -2.56. The highest BCUT2D eigenvalue weighted by molar-refractivity contribution is 5.90. The van der Waals surface area contributed by atoms with Crippen molar-refractivity contribution in [3.05, 3.63) is 54.4 Å². The van der Waals surface area contributed by atoms with Crippen molar-refractivity contribution in [2.45, 2.75) is 31.8 Å². The van der Waals surface area contributed by atoms with Gasteiger partial charge in [-0.2, -0.15) is 0 Å². The lowest BCUT2D eigenvalue weighted by atomic mass is 9.97. The SMILES string of the molecule is COc1ccccc1CNC(=O)[C@]1(C)CCCN1c1ccncc1. The first kappa shape index (κ1) is 16.3. The van der Waals surface area contributed by atoms with Gasteiger partial charge in [0.25, 0.3) is 0 Å². The summed E-state index contributed by atoms with van der Waals surface area (Å²) in [6, 6.07) is 11.7. The van der Waals surface area contributed by atoms with Gasteiger partial charge in [-0.3, -0.25) is 9.78 Å². The van der Waals surface area contributed by atoms with E-state index in [0.717, 1.165) is 36.4 Å². The summed E-state index contributed by atoms with van der Waals surface area (Å²) >= 11 is 0. The largest absolute Gasteiger partial charge is 0.496 e. The lowest BCUT2D eigenvalue weighted by Gasteiger charge is -2.35. The fourth-order valence-corrected chi connectivity index (χ4v) is 3.35. The highest BCUT2D eigenvalue weighted by atomic mass is 16.5. The number of carbonyl (C=O) groups excluding carboxylic acids is 1.